The molecule has 1 aliphatic rings. The molecule has 1 atom stereocenters. The van der Waals surface area contributed by atoms with E-state index in [4.69, 9.17) is 0 Å². The van der Waals surface area contributed by atoms with Gasteiger partial charge < -0.3 is 20.8 Å². The van der Waals surface area contributed by atoms with Crippen LogP contribution >= 0.6 is 0 Å². The average molecular weight is 246 g/mol. The molecule has 0 fully saturated rings. The van der Waals surface area contributed by atoms with Gasteiger partial charge in [-0.2, -0.15) is 0 Å². The number of benzene rings is 1. The summed E-state index contributed by atoms with van der Waals surface area (Å²) in [5.74, 6) is 0.0995. The van der Waals surface area contributed by atoms with E-state index in [1.54, 1.807) is 31.3 Å². The number of anilines is 1. The van der Waals surface area contributed by atoms with Gasteiger partial charge in [-0.25, -0.2) is 0 Å². The largest absolute Gasteiger partial charge is 0.508 e. The lowest BCUT2D eigenvalue weighted by molar-refractivity contribution is 0.0881. The van der Waals surface area contributed by atoms with Crippen LogP contribution in [-0.2, 0) is 5.60 Å². The maximum absolute atomic E-state index is 10.6. The molecule has 0 aromatic heterocycles. The summed E-state index contributed by atoms with van der Waals surface area (Å²) in [7, 11) is 3.63. The Morgan fingerprint density at radius 1 is 1.22 bits per heavy atom. The van der Waals surface area contributed by atoms with Gasteiger partial charge in [0, 0.05) is 37.5 Å². The van der Waals surface area contributed by atoms with Crippen LogP contribution in [0.3, 0.4) is 0 Å². The van der Waals surface area contributed by atoms with E-state index in [2.05, 4.69) is 10.6 Å². The van der Waals surface area contributed by atoms with Crippen LogP contribution in [0.5, 0.6) is 5.75 Å². The monoisotopic (exact) mass is 246 g/mol. The molecule has 0 saturated carbocycles. The highest BCUT2D eigenvalue weighted by molar-refractivity contribution is 5.54. The second-order valence-corrected chi connectivity index (χ2v) is 4.35. The molecule has 96 valence electrons. The zero-order valence-corrected chi connectivity index (χ0v) is 10.6. The Morgan fingerprint density at radius 3 is 2.56 bits per heavy atom. The predicted octanol–water partition coefficient (Wildman–Crippen LogP) is 1.68. The molecule has 0 heterocycles. The number of rotatable bonds is 3. The summed E-state index contributed by atoms with van der Waals surface area (Å²) in [5, 5.41) is 26.5. The molecule has 0 spiro atoms. The van der Waals surface area contributed by atoms with Crippen LogP contribution < -0.4 is 10.6 Å². The standard InChI is InChI=1S/C14H18N2O2/c1-15-10-5-7-14(18,8-6-10)12-9-11(16-2)3-4-13(12)17/h3-7,9,15-18H,8H2,1-2H3. The third-order valence-electron chi connectivity index (χ3n) is 3.21. The van der Waals surface area contributed by atoms with Crippen molar-refractivity contribution in [1.29, 1.82) is 0 Å². The molecule has 0 aliphatic heterocycles. The fourth-order valence-corrected chi connectivity index (χ4v) is 2.05. The zero-order chi connectivity index (χ0) is 13.2. The molecule has 18 heavy (non-hydrogen) atoms. The van der Waals surface area contributed by atoms with Crippen LogP contribution in [0, 0.1) is 0 Å². The van der Waals surface area contributed by atoms with Crippen LogP contribution in [0.2, 0.25) is 0 Å². The van der Waals surface area contributed by atoms with Crippen molar-refractivity contribution in [3.8, 4) is 5.75 Å². The van der Waals surface area contributed by atoms with Gasteiger partial charge in [0.1, 0.15) is 11.4 Å². The number of allylic oxidation sites excluding steroid dienone is 1. The normalized spacial score (nSPS) is 22.5. The Kier molecular flexibility index (Phi) is 3.30. The highest BCUT2D eigenvalue weighted by Crippen LogP contribution is 2.37. The molecule has 1 aliphatic carbocycles. The van der Waals surface area contributed by atoms with Gasteiger partial charge in [-0.1, -0.05) is 6.08 Å². The van der Waals surface area contributed by atoms with E-state index in [0.29, 0.717) is 12.0 Å². The van der Waals surface area contributed by atoms with Crippen LogP contribution in [0.4, 0.5) is 5.69 Å². The first kappa shape index (κ1) is 12.5. The summed E-state index contributed by atoms with van der Waals surface area (Å²) in [6.45, 7) is 0. The summed E-state index contributed by atoms with van der Waals surface area (Å²) in [6, 6.07) is 5.12. The molecule has 0 saturated heterocycles. The van der Waals surface area contributed by atoms with Crippen LogP contribution in [0.25, 0.3) is 0 Å². The molecule has 1 unspecified atom stereocenters. The van der Waals surface area contributed by atoms with Crippen molar-refractivity contribution >= 4 is 5.69 Å². The third kappa shape index (κ3) is 2.19. The highest BCUT2D eigenvalue weighted by Gasteiger charge is 2.30. The maximum Gasteiger partial charge on any atom is 0.122 e. The molecule has 0 bridgehead atoms. The van der Waals surface area contributed by atoms with Gasteiger partial charge in [0.2, 0.25) is 0 Å². The Labute approximate surface area is 107 Å². The molecule has 4 heteroatoms. The van der Waals surface area contributed by atoms with Gasteiger partial charge in [0.05, 0.1) is 0 Å². The van der Waals surface area contributed by atoms with Crippen molar-refractivity contribution < 1.29 is 10.2 Å². The third-order valence-corrected chi connectivity index (χ3v) is 3.21. The molecule has 0 amide bonds. The van der Waals surface area contributed by atoms with Crippen molar-refractivity contribution in [1.82, 2.24) is 5.32 Å². The molecule has 2 rings (SSSR count). The van der Waals surface area contributed by atoms with Crippen molar-refractivity contribution in [3.63, 3.8) is 0 Å². The maximum atomic E-state index is 10.6. The smallest absolute Gasteiger partial charge is 0.122 e. The Morgan fingerprint density at radius 2 is 2.00 bits per heavy atom. The number of aliphatic hydroxyl groups is 1. The lowest BCUT2D eigenvalue weighted by Crippen LogP contribution is -2.25. The minimum atomic E-state index is -1.16. The van der Waals surface area contributed by atoms with E-state index in [1.807, 2.05) is 19.2 Å². The molecular formula is C14H18N2O2. The first-order valence-electron chi connectivity index (χ1n) is 5.90. The van der Waals surface area contributed by atoms with Crippen molar-refractivity contribution in [2.24, 2.45) is 0 Å². The quantitative estimate of drug-likeness (QED) is 0.613. The van der Waals surface area contributed by atoms with Gasteiger partial charge in [-0.15, -0.1) is 0 Å². The van der Waals surface area contributed by atoms with Crippen molar-refractivity contribution in [3.05, 3.63) is 47.7 Å². The Hall–Kier alpha value is -1.94. The molecule has 4 nitrogen and oxygen atoms in total. The van der Waals surface area contributed by atoms with Crippen molar-refractivity contribution in [2.45, 2.75) is 12.0 Å². The minimum absolute atomic E-state index is 0.0995. The molecule has 1 aromatic rings. The van der Waals surface area contributed by atoms with Crippen LogP contribution in [0.1, 0.15) is 12.0 Å². The highest BCUT2D eigenvalue weighted by atomic mass is 16.3. The Balaban J connectivity index is 2.37. The second-order valence-electron chi connectivity index (χ2n) is 4.35. The molecule has 0 radical (unpaired) electrons. The summed E-state index contributed by atoms with van der Waals surface area (Å²) < 4.78 is 0. The molecule has 4 N–H and O–H groups in total. The minimum Gasteiger partial charge on any atom is -0.508 e. The van der Waals surface area contributed by atoms with E-state index in [-0.39, 0.29) is 5.75 Å². The topological polar surface area (TPSA) is 64.5 Å². The van der Waals surface area contributed by atoms with Gasteiger partial charge >= 0.3 is 0 Å². The molecular weight excluding hydrogens is 228 g/mol. The van der Waals surface area contributed by atoms with Gasteiger partial charge in [0.25, 0.3) is 0 Å². The molecule has 1 aromatic carbocycles. The average Bonchev–Trinajstić information content (AvgIpc) is 2.40. The SMILES string of the molecule is CNC1=CCC(O)(c2cc(NC)ccc2O)C=C1. The van der Waals surface area contributed by atoms with Gasteiger partial charge in [-0.05, 0) is 30.4 Å². The van der Waals surface area contributed by atoms with Crippen molar-refractivity contribution in [2.75, 3.05) is 19.4 Å². The number of aromatic hydroxyl groups is 1. The number of phenolic OH excluding ortho intramolecular Hbond substituents is 1. The lowest BCUT2D eigenvalue weighted by atomic mass is 9.86. The summed E-state index contributed by atoms with van der Waals surface area (Å²) in [6.07, 6.45) is 5.86. The van der Waals surface area contributed by atoms with E-state index in [0.717, 1.165) is 11.4 Å². The summed E-state index contributed by atoms with van der Waals surface area (Å²) in [5.41, 5.74) is 1.17. The van der Waals surface area contributed by atoms with Gasteiger partial charge in [-0.3, -0.25) is 0 Å². The fourth-order valence-electron chi connectivity index (χ4n) is 2.05. The zero-order valence-electron chi connectivity index (χ0n) is 10.6. The second kappa shape index (κ2) is 4.74. The first-order chi connectivity index (χ1) is 8.59. The van der Waals surface area contributed by atoms with Crippen LogP contribution in [-0.4, -0.2) is 24.3 Å². The number of nitrogens with one attached hydrogen (secondary N) is 2. The lowest BCUT2D eigenvalue weighted by Gasteiger charge is -2.28. The number of hydrogen-bond donors (Lipinski definition) is 4. The van der Waals surface area contributed by atoms with E-state index in [1.165, 1.54) is 0 Å². The fraction of sp³-hybridized carbons (Fsp3) is 0.286. The predicted molar refractivity (Wildman–Crippen MR) is 72.5 cm³/mol. The van der Waals surface area contributed by atoms with Gasteiger partial charge in [0.15, 0.2) is 0 Å². The number of hydrogen-bond acceptors (Lipinski definition) is 4. The summed E-state index contributed by atoms with van der Waals surface area (Å²) >= 11 is 0. The van der Waals surface area contributed by atoms with Crippen LogP contribution in [0.15, 0.2) is 42.1 Å². The van der Waals surface area contributed by atoms with E-state index in [9.17, 15) is 10.2 Å². The number of likely N-dealkylation sites (N-methyl/N-ethyl adjacent to an activating group) is 1. The Bertz CT molecular complexity index is 509. The first-order valence-corrected chi connectivity index (χ1v) is 5.90. The summed E-state index contributed by atoms with van der Waals surface area (Å²) in [4.78, 5) is 0. The number of phenols is 1. The van der Waals surface area contributed by atoms with E-state index >= 15 is 0 Å². The van der Waals surface area contributed by atoms with E-state index < -0.39 is 5.60 Å².